The van der Waals surface area contributed by atoms with Crippen LogP contribution in [0.1, 0.15) is 22.8 Å². The number of carbonyl (C=O) groups excluding carboxylic acids is 2. The summed E-state index contributed by atoms with van der Waals surface area (Å²) in [6.45, 7) is 3.14. The van der Waals surface area contributed by atoms with E-state index in [4.69, 9.17) is 14.2 Å². The summed E-state index contributed by atoms with van der Waals surface area (Å²) in [5.41, 5.74) is 1.55. The van der Waals surface area contributed by atoms with Crippen LogP contribution in [0.4, 0.5) is 11.4 Å². The lowest BCUT2D eigenvalue weighted by Gasteiger charge is -2.25. The maximum Gasteiger partial charge on any atom is 0.338 e. The Bertz CT molecular complexity index is 1340. The third-order valence-corrected chi connectivity index (χ3v) is 7.08. The molecule has 10 heteroatoms. The number of sulfonamides is 1. The van der Waals surface area contributed by atoms with E-state index in [1.165, 1.54) is 44.6 Å². The molecular weight excluding hydrogens is 484 g/mol. The first-order valence-electron chi connectivity index (χ1n) is 11.1. The van der Waals surface area contributed by atoms with Crippen molar-refractivity contribution in [1.82, 2.24) is 0 Å². The number of nitrogens with zero attached hydrogens (tertiary/aromatic N) is 1. The molecule has 0 radical (unpaired) electrons. The van der Waals surface area contributed by atoms with Crippen LogP contribution in [0.2, 0.25) is 0 Å². The van der Waals surface area contributed by atoms with Crippen molar-refractivity contribution in [2.24, 2.45) is 0 Å². The Morgan fingerprint density at radius 1 is 0.917 bits per heavy atom. The van der Waals surface area contributed by atoms with Gasteiger partial charge in [0.2, 0.25) is 5.91 Å². The van der Waals surface area contributed by atoms with E-state index < -0.39 is 28.4 Å². The standard InChI is InChI=1S/C26H28N2O7S/c1-5-35-26(30)19-12-11-18(2)22(15-19)27-25(29)17-28(36(31,32)21-9-7-6-8-10-21)20-13-14-23(33-3)24(16-20)34-4/h6-16H,5,17H2,1-4H3,(H,27,29). The maximum absolute atomic E-state index is 13.6. The molecular formula is C26H28N2O7S. The van der Waals surface area contributed by atoms with Gasteiger partial charge in [-0.25, -0.2) is 13.2 Å². The summed E-state index contributed by atoms with van der Waals surface area (Å²) in [5.74, 6) is -0.407. The number of carbonyl (C=O) groups is 2. The molecule has 0 aromatic heterocycles. The average Bonchev–Trinajstić information content (AvgIpc) is 2.88. The first kappa shape index (κ1) is 26.6. The molecule has 0 aliphatic heterocycles. The first-order chi connectivity index (χ1) is 17.2. The molecule has 9 nitrogen and oxygen atoms in total. The van der Waals surface area contributed by atoms with Crippen LogP contribution in [0.15, 0.2) is 71.6 Å². The van der Waals surface area contributed by atoms with E-state index in [-0.39, 0.29) is 22.8 Å². The minimum atomic E-state index is -4.12. The normalized spacial score (nSPS) is 10.9. The van der Waals surface area contributed by atoms with Crippen molar-refractivity contribution in [3.63, 3.8) is 0 Å². The lowest BCUT2D eigenvalue weighted by Crippen LogP contribution is -2.38. The molecule has 3 aromatic carbocycles. The fraction of sp³-hybridized carbons (Fsp3) is 0.231. The highest BCUT2D eigenvalue weighted by Gasteiger charge is 2.28. The Kier molecular flexibility index (Phi) is 8.55. The highest BCUT2D eigenvalue weighted by molar-refractivity contribution is 7.92. The van der Waals surface area contributed by atoms with E-state index in [2.05, 4.69) is 5.32 Å². The average molecular weight is 513 g/mol. The van der Waals surface area contributed by atoms with Gasteiger partial charge in [0.15, 0.2) is 11.5 Å². The fourth-order valence-corrected chi connectivity index (χ4v) is 4.87. The predicted octanol–water partition coefficient (Wildman–Crippen LogP) is 4.02. The number of rotatable bonds is 10. The number of nitrogens with one attached hydrogen (secondary N) is 1. The van der Waals surface area contributed by atoms with Crippen molar-refractivity contribution in [1.29, 1.82) is 0 Å². The Morgan fingerprint density at radius 2 is 1.61 bits per heavy atom. The molecule has 0 aliphatic carbocycles. The van der Waals surface area contributed by atoms with Crippen LogP contribution in [-0.4, -0.2) is 47.7 Å². The highest BCUT2D eigenvalue weighted by Crippen LogP contribution is 2.34. The van der Waals surface area contributed by atoms with Gasteiger partial charge in [-0.1, -0.05) is 24.3 Å². The van der Waals surface area contributed by atoms with Crippen LogP contribution in [0, 0.1) is 6.92 Å². The monoisotopic (exact) mass is 512 g/mol. The van der Waals surface area contributed by atoms with Crippen molar-refractivity contribution in [3.05, 3.63) is 77.9 Å². The van der Waals surface area contributed by atoms with Gasteiger partial charge in [-0.05, 0) is 55.8 Å². The summed E-state index contributed by atoms with van der Waals surface area (Å²) in [6, 6.07) is 17.2. The van der Waals surface area contributed by atoms with Crippen molar-refractivity contribution in [2.45, 2.75) is 18.7 Å². The molecule has 0 saturated carbocycles. The molecule has 0 unspecified atom stereocenters. The molecule has 36 heavy (non-hydrogen) atoms. The SMILES string of the molecule is CCOC(=O)c1ccc(C)c(NC(=O)CN(c2ccc(OC)c(OC)c2)S(=O)(=O)c2ccccc2)c1. The van der Waals surface area contributed by atoms with Crippen LogP contribution in [-0.2, 0) is 19.6 Å². The molecule has 190 valence electrons. The van der Waals surface area contributed by atoms with Gasteiger partial charge in [-0.15, -0.1) is 0 Å². The van der Waals surface area contributed by atoms with Crippen LogP contribution in [0.5, 0.6) is 11.5 Å². The summed E-state index contributed by atoms with van der Waals surface area (Å²) in [7, 11) is -1.22. The van der Waals surface area contributed by atoms with E-state index in [1.54, 1.807) is 50.2 Å². The Morgan fingerprint density at radius 3 is 2.25 bits per heavy atom. The maximum atomic E-state index is 13.6. The molecule has 0 saturated heterocycles. The predicted molar refractivity (Wildman–Crippen MR) is 136 cm³/mol. The van der Waals surface area contributed by atoms with Gasteiger partial charge in [-0.2, -0.15) is 0 Å². The summed E-state index contributed by atoms with van der Waals surface area (Å²) < 4.78 is 43.7. The van der Waals surface area contributed by atoms with Crippen LogP contribution in [0.25, 0.3) is 0 Å². The lowest BCUT2D eigenvalue weighted by molar-refractivity contribution is -0.114. The molecule has 0 bridgehead atoms. The number of methoxy groups -OCH3 is 2. The van der Waals surface area contributed by atoms with Crippen LogP contribution < -0.4 is 19.1 Å². The number of esters is 1. The van der Waals surface area contributed by atoms with Crippen molar-refractivity contribution >= 4 is 33.3 Å². The molecule has 0 spiro atoms. The zero-order valence-corrected chi connectivity index (χ0v) is 21.3. The van der Waals surface area contributed by atoms with Gasteiger partial charge >= 0.3 is 5.97 Å². The largest absolute Gasteiger partial charge is 0.493 e. The van der Waals surface area contributed by atoms with Gasteiger partial charge in [0.1, 0.15) is 6.54 Å². The second kappa shape index (κ2) is 11.6. The summed E-state index contributed by atoms with van der Waals surface area (Å²) >= 11 is 0. The number of amides is 1. The second-order valence-corrected chi connectivity index (χ2v) is 9.52. The molecule has 1 N–H and O–H groups in total. The number of hydrogen-bond donors (Lipinski definition) is 1. The Labute approximate surface area is 210 Å². The quantitative estimate of drug-likeness (QED) is 0.409. The third kappa shape index (κ3) is 5.95. The Balaban J connectivity index is 1.98. The number of benzene rings is 3. The zero-order chi connectivity index (χ0) is 26.3. The second-order valence-electron chi connectivity index (χ2n) is 7.66. The molecule has 0 aliphatic rings. The van der Waals surface area contributed by atoms with Gasteiger partial charge in [0.25, 0.3) is 10.0 Å². The molecule has 0 atom stereocenters. The highest BCUT2D eigenvalue weighted by atomic mass is 32.2. The third-order valence-electron chi connectivity index (χ3n) is 5.30. The molecule has 0 heterocycles. The minimum absolute atomic E-state index is 0.0214. The van der Waals surface area contributed by atoms with E-state index in [1.807, 2.05) is 0 Å². The number of aryl methyl sites for hydroxylation is 1. The Hall–Kier alpha value is -4.05. The van der Waals surface area contributed by atoms with E-state index in [9.17, 15) is 18.0 Å². The van der Waals surface area contributed by atoms with E-state index in [0.717, 1.165) is 4.31 Å². The topological polar surface area (TPSA) is 111 Å². The zero-order valence-electron chi connectivity index (χ0n) is 20.5. The molecule has 0 fully saturated rings. The number of hydrogen-bond acceptors (Lipinski definition) is 7. The summed E-state index contributed by atoms with van der Waals surface area (Å²) in [6.07, 6.45) is 0. The first-order valence-corrected chi connectivity index (χ1v) is 12.5. The van der Waals surface area contributed by atoms with Crippen LogP contribution in [0.3, 0.4) is 0 Å². The van der Waals surface area contributed by atoms with E-state index in [0.29, 0.717) is 22.7 Å². The van der Waals surface area contributed by atoms with Crippen molar-refractivity contribution in [3.8, 4) is 11.5 Å². The molecule has 3 rings (SSSR count). The molecule has 1 amide bonds. The fourth-order valence-electron chi connectivity index (χ4n) is 3.43. The number of anilines is 2. The summed E-state index contributed by atoms with van der Waals surface area (Å²) in [4.78, 5) is 25.3. The van der Waals surface area contributed by atoms with Gasteiger partial charge in [-0.3, -0.25) is 9.10 Å². The summed E-state index contributed by atoms with van der Waals surface area (Å²) in [5, 5.41) is 2.71. The lowest BCUT2D eigenvalue weighted by atomic mass is 10.1. The van der Waals surface area contributed by atoms with Crippen LogP contribution >= 0.6 is 0 Å². The van der Waals surface area contributed by atoms with Gasteiger partial charge in [0, 0.05) is 11.8 Å². The minimum Gasteiger partial charge on any atom is -0.493 e. The van der Waals surface area contributed by atoms with Crippen molar-refractivity contribution in [2.75, 3.05) is 37.0 Å². The van der Waals surface area contributed by atoms with E-state index >= 15 is 0 Å². The van der Waals surface area contributed by atoms with Crippen molar-refractivity contribution < 1.29 is 32.2 Å². The van der Waals surface area contributed by atoms with Gasteiger partial charge in [0.05, 0.1) is 37.0 Å². The number of ether oxygens (including phenoxy) is 3. The molecule has 3 aromatic rings. The smallest absolute Gasteiger partial charge is 0.338 e. The van der Waals surface area contributed by atoms with Gasteiger partial charge < -0.3 is 19.5 Å².